The SMILES string of the molecule is [2H]C1([2H])CCC([2H])([2H])c2c(-c3cccc4c3oc3c(-c5cccc[n+]5C)c(C)ccc34)cccc21. The molecule has 2 aromatic heterocycles. The molecule has 2 nitrogen and oxygen atoms in total. The minimum Gasteiger partial charge on any atom is -0.454 e. The van der Waals surface area contributed by atoms with Crippen LogP contribution in [0.1, 0.15) is 35.0 Å². The lowest BCUT2D eigenvalue weighted by atomic mass is 9.85. The number of rotatable bonds is 2. The number of hydrogen-bond donors (Lipinski definition) is 0. The fourth-order valence-electron chi connectivity index (χ4n) is 4.77. The second-order valence-electron chi connectivity index (χ2n) is 8.20. The molecule has 152 valence electrons. The van der Waals surface area contributed by atoms with Crippen LogP contribution >= 0.6 is 0 Å². The molecular formula is C29H26NO+. The van der Waals surface area contributed by atoms with Gasteiger partial charge in [-0.15, -0.1) is 0 Å². The Bertz CT molecular complexity index is 1630. The van der Waals surface area contributed by atoms with E-state index in [1.807, 2.05) is 55.7 Å². The maximum atomic E-state index is 8.76. The topological polar surface area (TPSA) is 17.0 Å². The minimum atomic E-state index is -1.62. The Balaban J connectivity index is 1.69. The molecule has 6 rings (SSSR count). The van der Waals surface area contributed by atoms with Crippen molar-refractivity contribution in [1.82, 2.24) is 0 Å². The van der Waals surface area contributed by atoms with Crippen LogP contribution in [0.25, 0.3) is 44.3 Å². The summed E-state index contributed by atoms with van der Waals surface area (Å²) in [5, 5.41) is 1.98. The van der Waals surface area contributed by atoms with E-state index >= 15 is 0 Å². The first-order chi connectivity index (χ1) is 16.7. The van der Waals surface area contributed by atoms with Crippen LogP contribution in [0.15, 0.2) is 77.3 Å². The average molecular weight is 409 g/mol. The molecule has 1 aliphatic carbocycles. The van der Waals surface area contributed by atoms with Crippen molar-refractivity contribution in [3.05, 3.63) is 89.6 Å². The Kier molecular flexibility index (Phi) is 3.34. The first-order valence-electron chi connectivity index (χ1n) is 12.7. The molecule has 0 N–H and O–H groups in total. The van der Waals surface area contributed by atoms with Gasteiger partial charge in [-0.05, 0) is 60.8 Å². The number of para-hydroxylation sites is 1. The molecule has 0 bridgehead atoms. The van der Waals surface area contributed by atoms with Gasteiger partial charge in [0.15, 0.2) is 6.20 Å². The quantitative estimate of drug-likeness (QED) is 0.289. The first-order valence-corrected chi connectivity index (χ1v) is 10.7. The van der Waals surface area contributed by atoms with Gasteiger partial charge in [0, 0.05) is 34.0 Å². The van der Waals surface area contributed by atoms with E-state index in [-0.39, 0.29) is 12.8 Å². The van der Waals surface area contributed by atoms with E-state index in [1.54, 1.807) is 6.07 Å². The van der Waals surface area contributed by atoms with Crippen LogP contribution in [-0.4, -0.2) is 0 Å². The highest BCUT2D eigenvalue weighted by atomic mass is 16.3. The summed E-state index contributed by atoms with van der Waals surface area (Å²) in [6.07, 6.45) is -0.847. The lowest BCUT2D eigenvalue weighted by Gasteiger charge is -2.19. The number of fused-ring (bicyclic) bond motifs is 4. The first kappa shape index (κ1) is 14.6. The van der Waals surface area contributed by atoms with Gasteiger partial charge in [-0.2, -0.15) is 0 Å². The number of hydrogen-bond acceptors (Lipinski definition) is 1. The summed E-state index contributed by atoms with van der Waals surface area (Å²) in [7, 11) is 2.02. The van der Waals surface area contributed by atoms with E-state index in [0.29, 0.717) is 22.3 Å². The van der Waals surface area contributed by atoms with Crippen molar-refractivity contribution in [2.75, 3.05) is 0 Å². The van der Waals surface area contributed by atoms with Crippen molar-refractivity contribution >= 4 is 21.9 Å². The maximum absolute atomic E-state index is 8.76. The van der Waals surface area contributed by atoms with Crippen molar-refractivity contribution < 1.29 is 14.5 Å². The van der Waals surface area contributed by atoms with Gasteiger partial charge < -0.3 is 4.42 Å². The molecule has 0 fully saturated rings. The van der Waals surface area contributed by atoms with E-state index in [0.717, 1.165) is 38.7 Å². The molecule has 0 aliphatic heterocycles. The zero-order valence-electron chi connectivity index (χ0n) is 21.7. The van der Waals surface area contributed by atoms with Crippen molar-refractivity contribution in [2.45, 2.75) is 32.5 Å². The molecule has 0 amide bonds. The largest absolute Gasteiger partial charge is 0.454 e. The minimum absolute atomic E-state index is 0.147. The molecule has 3 aromatic carbocycles. The van der Waals surface area contributed by atoms with E-state index in [9.17, 15) is 0 Å². The van der Waals surface area contributed by atoms with E-state index in [4.69, 9.17) is 9.90 Å². The summed E-state index contributed by atoms with van der Waals surface area (Å²) < 4.78 is 43.3. The van der Waals surface area contributed by atoms with Gasteiger partial charge in [0.2, 0.25) is 5.69 Å². The van der Waals surface area contributed by atoms with E-state index in [1.165, 1.54) is 0 Å². The smallest absolute Gasteiger partial charge is 0.216 e. The molecule has 31 heavy (non-hydrogen) atoms. The number of furan rings is 1. The summed E-state index contributed by atoms with van der Waals surface area (Å²) in [6.45, 7) is 2.08. The Morgan fingerprint density at radius 2 is 1.61 bits per heavy atom. The van der Waals surface area contributed by atoms with Crippen molar-refractivity contribution in [3.8, 4) is 22.4 Å². The normalized spacial score (nSPS) is 18.8. The van der Waals surface area contributed by atoms with Gasteiger partial charge in [-0.1, -0.05) is 48.5 Å². The molecule has 0 unspecified atom stereocenters. The third-order valence-electron chi connectivity index (χ3n) is 6.28. The highest BCUT2D eigenvalue weighted by molar-refractivity contribution is 6.13. The summed E-state index contributed by atoms with van der Waals surface area (Å²) in [5.74, 6) is 0. The van der Waals surface area contributed by atoms with E-state index in [2.05, 4.69) is 29.7 Å². The Morgan fingerprint density at radius 3 is 2.52 bits per heavy atom. The van der Waals surface area contributed by atoms with Gasteiger partial charge in [-0.3, -0.25) is 0 Å². The van der Waals surface area contributed by atoms with Crippen LogP contribution in [0, 0.1) is 6.92 Å². The number of pyridine rings is 1. The maximum Gasteiger partial charge on any atom is 0.216 e. The summed E-state index contributed by atoms with van der Waals surface area (Å²) >= 11 is 0. The van der Waals surface area contributed by atoms with Crippen molar-refractivity contribution in [2.24, 2.45) is 7.05 Å². The van der Waals surface area contributed by atoms with Crippen LogP contribution in [0.4, 0.5) is 0 Å². The molecular weight excluding hydrogens is 378 g/mol. The standard InChI is InChI=1S/C29H26NO/c1-19-16-17-25-24-14-8-13-23(22-12-7-10-20-9-3-4-11-21(20)22)28(24)31-29(25)27(19)26-15-5-6-18-30(26)2/h5-8,10,12-18H,3-4,9,11H2,1-2H3/q+1/i9D2,11D2. The van der Waals surface area contributed by atoms with Crippen LogP contribution in [0.2, 0.25) is 0 Å². The Hall–Kier alpha value is -3.39. The van der Waals surface area contributed by atoms with Crippen LogP contribution in [0.3, 0.4) is 0 Å². The molecule has 0 spiro atoms. The van der Waals surface area contributed by atoms with Crippen LogP contribution in [0.5, 0.6) is 0 Å². The third-order valence-corrected chi connectivity index (χ3v) is 6.28. The van der Waals surface area contributed by atoms with Crippen LogP contribution in [-0.2, 0) is 19.8 Å². The molecule has 1 aliphatic rings. The zero-order valence-corrected chi connectivity index (χ0v) is 17.7. The van der Waals surface area contributed by atoms with Gasteiger partial charge in [0.25, 0.3) is 0 Å². The molecule has 2 heterocycles. The highest BCUT2D eigenvalue weighted by Crippen LogP contribution is 2.42. The predicted molar refractivity (Wildman–Crippen MR) is 127 cm³/mol. The number of aromatic nitrogens is 1. The van der Waals surface area contributed by atoms with Crippen LogP contribution < -0.4 is 4.57 Å². The van der Waals surface area contributed by atoms with Gasteiger partial charge >= 0.3 is 0 Å². The molecule has 5 aromatic rings. The second-order valence-corrected chi connectivity index (χ2v) is 8.20. The molecule has 2 heteroatoms. The molecule has 0 atom stereocenters. The molecule has 0 saturated heterocycles. The fourth-order valence-corrected chi connectivity index (χ4v) is 4.77. The number of nitrogens with zero attached hydrogens (tertiary/aromatic N) is 1. The summed E-state index contributed by atoms with van der Waals surface area (Å²) in [5.41, 5.74) is 7.07. The fraction of sp³-hybridized carbons (Fsp3) is 0.207. The van der Waals surface area contributed by atoms with Gasteiger partial charge in [0.1, 0.15) is 18.2 Å². The lowest BCUT2D eigenvalue weighted by Crippen LogP contribution is -2.30. The summed E-state index contributed by atoms with van der Waals surface area (Å²) in [6, 6.07) is 21.7. The van der Waals surface area contributed by atoms with E-state index < -0.39 is 12.7 Å². The molecule has 0 radical (unpaired) electrons. The summed E-state index contributed by atoms with van der Waals surface area (Å²) in [4.78, 5) is 0. The Morgan fingerprint density at radius 1 is 0.806 bits per heavy atom. The van der Waals surface area contributed by atoms with Crippen molar-refractivity contribution in [1.29, 1.82) is 0 Å². The average Bonchev–Trinajstić information content (AvgIpc) is 3.21. The highest BCUT2D eigenvalue weighted by Gasteiger charge is 2.22. The monoisotopic (exact) mass is 408 g/mol. The zero-order chi connectivity index (χ0) is 24.5. The predicted octanol–water partition coefficient (Wildman–Crippen LogP) is 6.93. The number of benzene rings is 3. The van der Waals surface area contributed by atoms with Crippen molar-refractivity contribution in [3.63, 3.8) is 0 Å². The van der Waals surface area contributed by atoms with Gasteiger partial charge in [0.05, 0.1) is 5.56 Å². The third kappa shape index (κ3) is 2.82. The number of aryl methyl sites for hydroxylation is 3. The molecule has 0 saturated carbocycles. The lowest BCUT2D eigenvalue weighted by molar-refractivity contribution is -0.660. The second kappa shape index (κ2) is 7.09. The Labute approximate surface area is 188 Å². The van der Waals surface area contributed by atoms with Gasteiger partial charge in [-0.25, -0.2) is 4.57 Å².